The fourth-order valence-corrected chi connectivity index (χ4v) is 3.96. The molecule has 0 aromatic heterocycles. The first kappa shape index (κ1) is 19.9. The average Bonchev–Trinajstić information content (AvgIpc) is 2.63. The monoisotopic (exact) mass is 365 g/mol. The number of carbonyl (C=O) groups is 1. The van der Waals surface area contributed by atoms with Gasteiger partial charge in [-0.15, -0.1) is 12.4 Å². The molecule has 4 nitrogen and oxygen atoms in total. The van der Waals surface area contributed by atoms with Gasteiger partial charge in [-0.1, -0.05) is 31.4 Å². The second kappa shape index (κ2) is 9.33. The Morgan fingerprint density at radius 2 is 1.76 bits per heavy atom. The number of halogens is 1. The van der Waals surface area contributed by atoms with Gasteiger partial charge in [-0.05, 0) is 49.8 Å². The molecular formula is C20H32ClN3O. The third kappa shape index (κ3) is 5.04. The minimum atomic E-state index is 0. The van der Waals surface area contributed by atoms with Crippen molar-refractivity contribution in [2.45, 2.75) is 46.0 Å². The molecule has 0 bridgehead atoms. The predicted octanol–water partition coefficient (Wildman–Crippen LogP) is 4.14. The third-order valence-corrected chi connectivity index (χ3v) is 5.75. The fourth-order valence-electron chi connectivity index (χ4n) is 3.96. The number of hydrogen-bond acceptors (Lipinski definition) is 2. The van der Waals surface area contributed by atoms with Crippen molar-refractivity contribution in [3.8, 4) is 0 Å². The van der Waals surface area contributed by atoms with E-state index in [1.54, 1.807) is 0 Å². The minimum Gasteiger partial charge on any atom is -0.368 e. The van der Waals surface area contributed by atoms with Crippen LogP contribution in [-0.2, 0) is 0 Å². The number of hydrogen-bond donors (Lipinski definition) is 1. The van der Waals surface area contributed by atoms with E-state index in [0.717, 1.165) is 32.7 Å². The number of rotatable bonds is 3. The van der Waals surface area contributed by atoms with Crippen molar-refractivity contribution in [1.82, 2.24) is 10.2 Å². The molecule has 5 heteroatoms. The van der Waals surface area contributed by atoms with Crippen molar-refractivity contribution >= 4 is 24.1 Å². The summed E-state index contributed by atoms with van der Waals surface area (Å²) in [6.07, 6.45) is 6.58. The summed E-state index contributed by atoms with van der Waals surface area (Å²) in [5.41, 5.74) is 4.00. The van der Waals surface area contributed by atoms with Crippen molar-refractivity contribution < 1.29 is 4.79 Å². The molecule has 1 saturated carbocycles. The summed E-state index contributed by atoms with van der Waals surface area (Å²) in [6, 6.07) is 6.61. The summed E-state index contributed by atoms with van der Waals surface area (Å²) in [6.45, 7) is 8.66. The summed E-state index contributed by atoms with van der Waals surface area (Å²) < 4.78 is 0. The number of nitrogens with one attached hydrogen (secondary N) is 1. The lowest BCUT2D eigenvalue weighted by atomic mass is 9.89. The van der Waals surface area contributed by atoms with Crippen LogP contribution in [0.25, 0.3) is 0 Å². The molecule has 1 N–H and O–H groups in total. The van der Waals surface area contributed by atoms with Gasteiger partial charge in [-0.2, -0.15) is 0 Å². The quantitative estimate of drug-likeness (QED) is 0.873. The third-order valence-electron chi connectivity index (χ3n) is 5.75. The maximum Gasteiger partial charge on any atom is 0.317 e. The Kier molecular flexibility index (Phi) is 7.42. The molecule has 3 rings (SSSR count). The summed E-state index contributed by atoms with van der Waals surface area (Å²) in [5, 5.41) is 3.17. The zero-order valence-corrected chi connectivity index (χ0v) is 16.4. The predicted molar refractivity (Wildman–Crippen MR) is 107 cm³/mol. The van der Waals surface area contributed by atoms with Gasteiger partial charge in [0.15, 0.2) is 0 Å². The Bertz CT molecular complexity index is 564. The summed E-state index contributed by atoms with van der Waals surface area (Å²) in [5.74, 6) is 0.693. The maximum atomic E-state index is 12.4. The van der Waals surface area contributed by atoms with Crippen LogP contribution < -0.4 is 10.2 Å². The van der Waals surface area contributed by atoms with E-state index in [1.165, 1.54) is 48.9 Å². The molecule has 0 spiro atoms. The molecule has 0 unspecified atom stereocenters. The van der Waals surface area contributed by atoms with Crippen molar-refractivity contribution in [2.75, 3.05) is 37.6 Å². The summed E-state index contributed by atoms with van der Waals surface area (Å²) >= 11 is 0. The molecule has 2 fully saturated rings. The highest BCUT2D eigenvalue weighted by atomic mass is 35.5. The number of piperazine rings is 1. The van der Waals surface area contributed by atoms with Gasteiger partial charge in [0.2, 0.25) is 0 Å². The number of amides is 2. The van der Waals surface area contributed by atoms with Crippen LogP contribution in [0.3, 0.4) is 0 Å². The Labute approximate surface area is 158 Å². The van der Waals surface area contributed by atoms with Gasteiger partial charge < -0.3 is 15.1 Å². The molecule has 1 heterocycles. The number of nitrogens with zero attached hydrogens (tertiary/aromatic N) is 2. The smallest absolute Gasteiger partial charge is 0.317 e. The first-order valence-electron chi connectivity index (χ1n) is 9.49. The van der Waals surface area contributed by atoms with Gasteiger partial charge >= 0.3 is 6.03 Å². The van der Waals surface area contributed by atoms with Crippen LogP contribution in [0.15, 0.2) is 18.2 Å². The number of urea groups is 1. The van der Waals surface area contributed by atoms with Crippen LogP contribution in [-0.4, -0.2) is 43.7 Å². The van der Waals surface area contributed by atoms with Crippen LogP contribution in [0, 0.1) is 19.8 Å². The fraction of sp³-hybridized carbons (Fsp3) is 0.650. The normalized spacial score (nSPS) is 18.6. The Morgan fingerprint density at radius 3 is 2.44 bits per heavy atom. The molecular weight excluding hydrogens is 334 g/mol. The zero-order valence-electron chi connectivity index (χ0n) is 15.6. The van der Waals surface area contributed by atoms with Crippen molar-refractivity contribution in [1.29, 1.82) is 0 Å². The molecule has 0 atom stereocenters. The van der Waals surface area contributed by atoms with Crippen molar-refractivity contribution in [2.24, 2.45) is 5.92 Å². The van der Waals surface area contributed by atoms with E-state index in [-0.39, 0.29) is 18.4 Å². The zero-order chi connectivity index (χ0) is 16.9. The number of anilines is 1. The Morgan fingerprint density at radius 1 is 1.08 bits per heavy atom. The number of carbonyl (C=O) groups excluding carboxylic acids is 1. The van der Waals surface area contributed by atoms with Gasteiger partial charge in [0.1, 0.15) is 0 Å². The van der Waals surface area contributed by atoms with Crippen molar-refractivity contribution in [3.05, 3.63) is 29.3 Å². The van der Waals surface area contributed by atoms with Gasteiger partial charge in [0.25, 0.3) is 0 Å². The van der Waals surface area contributed by atoms with E-state index >= 15 is 0 Å². The number of benzene rings is 1. The minimum absolute atomic E-state index is 0. The molecule has 25 heavy (non-hydrogen) atoms. The first-order chi connectivity index (χ1) is 11.6. The first-order valence-corrected chi connectivity index (χ1v) is 9.49. The molecule has 1 aliphatic heterocycles. The van der Waals surface area contributed by atoms with E-state index in [4.69, 9.17) is 0 Å². The second-order valence-corrected chi connectivity index (χ2v) is 7.38. The lowest BCUT2D eigenvalue weighted by Crippen LogP contribution is -2.52. The van der Waals surface area contributed by atoms with Gasteiger partial charge in [0, 0.05) is 38.4 Å². The standard InChI is InChI=1S/C20H31N3O.ClH/c1-16-7-6-10-19(17(16)2)22-11-13-23(14-12-22)20(24)21-15-18-8-4-3-5-9-18;/h6-7,10,18H,3-5,8-9,11-15H2,1-2H3,(H,21,24);1H. The van der Waals surface area contributed by atoms with E-state index in [2.05, 4.69) is 42.3 Å². The molecule has 2 aliphatic rings. The van der Waals surface area contributed by atoms with Crippen LogP contribution >= 0.6 is 12.4 Å². The van der Waals surface area contributed by atoms with E-state index in [9.17, 15) is 4.79 Å². The van der Waals surface area contributed by atoms with E-state index < -0.39 is 0 Å². The van der Waals surface area contributed by atoms with Crippen LogP contribution in [0.4, 0.5) is 10.5 Å². The largest absolute Gasteiger partial charge is 0.368 e. The highest BCUT2D eigenvalue weighted by Gasteiger charge is 2.23. The average molecular weight is 366 g/mol. The van der Waals surface area contributed by atoms with Crippen LogP contribution in [0.5, 0.6) is 0 Å². The lowest BCUT2D eigenvalue weighted by molar-refractivity contribution is 0.190. The van der Waals surface area contributed by atoms with Crippen LogP contribution in [0.1, 0.15) is 43.2 Å². The topological polar surface area (TPSA) is 35.6 Å². The van der Waals surface area contributed by atoms with Crippen molar-refractivity contribution in [3.63, 3.8) is 0 Å². The molecule has 140 valence electrons. The van der Waals surface area contributed by atoms with E-state index in [1.807, 2.05) is 4.90 Å². The molecule has 0 radical (unpaired) electrons. The maximum absolute atomic E-state index is 12.4. The Hall–Kier alpha value is -1.42. The van der Waals surface area contributed by atoms with Gasteiger partial charge in [-0.25, -0.2) is 4.79 Å². The summed E-state index contributed by atoms with van der Waals surface area (Å²) in [4.78, 5) is 16.8. The lowest BCUT2D eigenvalue weighted by Gasteiger charge is -2.37. The Balaban J connectivity index is 0.00000225. The number of aryl methyl sites for hydroxylation is 1. The van der Waals surface area contributed by atoms with Crippen LogP contribution in [0.2, 0.25) is 0 Å². The molecule has 1 aromatic rings. The SMILES string of the molecule is Cc1cccc(N2CCN(C(=O)NCC3CCCCC3)CC2)c1C.Cl. The molecule has 2 amide bonds. The highest BCUT2D eigenvalue weighted by Crippen LogP contribution is 2.24. The highest BCUT2D eigenvalue weighted by molar-refractivity contribution is 5.85. The van der Waals surface area contributed by atoms with Gasteiger partial charge in [0.05, 0.1) is 0 Å². The summed E-state index contributed by atoms with van der Waals surface area (Å²) in [7, 11) is 0. The van der Waals surface area contributed by atoms with E-state index in [0.29, 0.717) is 5.92 Å². The molecule has 1 saturated heterocycles. The van der Waals surface area contributed by atoms with Gasteiger partial charge in [-0.3, -0.25) is 0 Å². The second-order valence-electron chi connectivity index (χ2n) is 7.38. The molecule has 1 aromatic carbocycles. The molecule has 1 aliphatic carbocycles.